The van der Waals surface area contributed by atoms with Crippen LogP contribution in [0.1, 0.15) is 43.0 Å². The molecule has 0 amide bonds. The summed E-state index contributed by atoms with van der Waals surface area (Å²) in [6.45, 7) is 0. The number of rotatable bonds is 2. The molecule has 1 aromatic heterocycles. The first-order valence-electron chi connectivity index (χ1n) is 6.74. The number of H-pyrrole nitrogens is 1. The molecule has 0 bridgehead atoms. The van der Waals surface area contributed by atoms with Crippen LogP contribution in [0.4, 0.5) is 13.2 Å². The van der Waals surface area contributed by atoms with E-state index in [1.807, 2.05) is 0 Å². The van der Waals surface area contributed by atoms with Crippen LogP contribution >= 0.6 is 15.9 Å². The van der Waals surface area contributed by atoms with Crippen LogP contribution in [0, 0.1) is 0 Å². The maximum atomic E-state index is 13.1. The monoisotopic (exact) mass is 359 g/mol. The number of nitrogens with one attached hydrogen (secondary N) is 1. The van der Waals surface area contributed by atoms with Gasteiger partial charge in [-0.2, -0.15) is 18.3 Å². The van der Waals surface area contributed by atoms with Crippen molar-refractivity contribution in [3.05, 3.63) is 34.1 Å². The molecule has 7 heteroatoms. The molecule has 1 N–H and O–H groups in total. The smallest absolute Gasteiger partial charge is 0.262 e. The lowest BCUT2D eigenvalue weighted by Gasteiger charge is -2.11. The average molecular weight is 360 g/mol. The van der Waals surface area contributed by atoms with Crippen molar-refractivity contribution in [2.24, 2.45) is 0 Å². The molecule has 0 atom stereocenters. The van der Waals surface area contributed by atoms with Crippen molar-refractivity contribution in [2.45, 2.75) is 37.8 Å². The van der Waals surface area contributed by atoms with Gasteiger partial charge in [0.2, 0.25) is 0 Å². The Morgan fingerprint density at radius 3 is 2.57 bits per heavy atom. The summed E-state index contributed by atoms with van der Waals surface area (Å²) in [7, 11) is 0. The number of aromatic amines is 1. The summed E-state index contributed by atoms with van der Waals surface area (Å²) in [5, 5.41) is 6.78. The van der Waals surface area contributed by atoms with E-state index in [9.17, 15) is 13.2 Å². The third-order valence-corrected chi connectivity index (χ3v) is 4.27. The number of hydrogen-bond acceptors (Lipinski definition) is 2. The Morgan fingerprint density at radius 1 is 1.19 bits per heavy atom. The molecular weight excluding hydrogens is 347 g/mol. The van der Waals surface area contributed by atoms with Crippen molar-refractivity contribution in [2.75, 3.05) is 0 Å². The van der Waals surface area contributed by atoms with Crippen LogP contribution in [-0.4, -0.2) is 15.2 Å². The van der Waals surface area contributed by atoms with Gasteiger partial charge in [-0.1, -0.05) is 28.8 Å². The summed E-state index contributed by atoms with van der Waals surface area (Å²) in [6, 6.07) is 4.02. The molecule has 0 aliphatic heterocycles. The van der Waals surface area contributed by atoms with Crippen LogP contribution in [0.25, 0.3) is 11.4 Å². The van der Waals surface area contributed by atoms with Gasteiger partial charge in [0.15, 0.2) is 5.82 Å². The first-order valence-corrected chi connectivity index (χ1v) is 7.54. The molecule has 0 unspecified atom stereocenters. The second kappa shape index (κ2) is 5.44. The van der Waals surface area contributed by atoms with Crippen LogP contribution in [0.2, 0.25) is 0 Å². The van der Waals surface area contributed by atoms with Crippen molar-refractivity contribution in [1.82, 2.24) is 15.2 Å². The van der Waals surface area contributed by atoms with Crippen molar-refractivity contribution in [3.8, 4) is 11.4 Å². The van der Waals surface area contributed by atoms with Crippen LogP contribution in [0.15, 0.2) is 22.7 Å². The van der Waals surface area contributed by atoms with E-state index in [4.69, 9.17) is 0 Å². The summed E-state index contributed by atoms with van der Waals surface area (Å²) in [6.07, 6.45) is -0.144. The van der Waals surface area contributed by atoms with E-state index in [0.717, 1.165) is 31.7 Å². The predicted octanol–water partition coefficient (Wildman–Crippen LogP) is 4.91. The Bertz CT molecular complexity index is 645. The van der Waals surface area contributed by atoms with Crippen LogP contribution in [0.3, 0.4) is 0 Å². The Balaban J connectivity index is 2.00. The highest BCUT2D eigenvalue weighted by Crippen LogP contribution is 2.38. The van der Waals surface area contributed by atoms with Crippen molar-refractivity contribution >= 4 is 15.9 Å². The summed E-state index contributed by atoms with van der Waals surface area (Å²) in [5.74, 6) is 1.09. The summed E-state index contributed by atoms with van der Waals surface area (Å²) < 4.78 is 39.8. The first kappa shape index (κ1) is 14.6. The van der Waals surface area contributed by atoms with Gasteiger partial charge in [0.25, 0.3) is 0 Å². The zero-order valence-corrected chi connectivity index (χ0v) is 12.6. The molecule has 0 radical (unpaired) electrons. The molecule has 3 rings (SSSR count). The third kappa shape index (κ3) is 2.97. The molecule has 1 saturated carbocycles. The third-order valence-electron chi connectivity index (χ3n) is 3.77. The number of nitrogens with zero attached hydrogens (tertiary/aromatic N) is 2. The first-order chi connectivity index (χ1) is 9.95. The average Bonchev–Trinajstić information content (AvgIpc) is 3.08. The molecular formula is C14H13BrF3N3. The molecule has 3 nitrogen and oxygen atoms in total. The van der Waals surface area contributed by atoms with Gasteiger partial charge < -0.3 is 0 Å². The predicted molar refractivity (Wildman–Crippen MR) is 75.7 cm³/mol. The number of hydrogen-bond donors (Lipinski definition) is 1. The lowest BCUT2D eigenvalue weighted by atomic mass is 10.1. The fourth-order valence-electron chi connectivity index (χ4n) is 2.72. The zero-order chi connectivity index (χ0) is 15.0. The molecule has 1 aliphatic rings. The van der Waals surface area contributed by atoms with E-state index in [1.165, 1.54) is 6.07 Å². The van der Waals surface area contributed by atoms with Crippen LogP contribution < -0.4 is 0 Å². The molecule has 1 aliphatic carbocycles. The van der Waals surface area contributed by atoms with Gasteiger partial charge in [0.1, 0.15) is 5.82 Å². The van der Waals surface area contributed by atoms with Gasteiger partial charge >= 0.3 is 6.18 Å². The maximum Gasteiger partial charge on any atom is 0.417 e. The molecule has 1 heterocycles. The highest BCUT2D eigenvalue weighted by Gasteiger charge is 2.35. The minimum absolute atomic E-state index is 0.00574. The van der Waals surface area contributed by atoms with E-state index < -0.39 is 11.7 Å². The van der Waals surface area contributed by atoms with E-state index in [-0.39, 0.29) is 17.3 Å². The molecule has 112 valence electrons. The molecule has 0 spiro atoms. The summed E-state index contributed by atoms with van der Waals surface area (Å²) in [4.78, 5) is 4.28. The van der Waals surface area contributed by atoms with Gasteiger partial charge in [-0.05, 0) is 31.0 Å². The molecule has 2 aromatic rings. The molecule has 1 aromatic carbocycles. The highest BCUT2D eigenvalue weighted by molar-refractivity contribution is 9.10. The van der Waals surface area contributed by atoms with E-state index in [1.54, 1.807) is 6.07 Å². The lowest BCUT2D eigenvalue weighted by Crippen LogP contribution is -2.07. The quantitative estimate of drug-likeness (QED) is 0.827. The molecule has 0 saturated heterocycles. The lowest BCUT2D eigenvalue weighted by molar-refractivity contribution is -0.137. The number of halogens is 4. The van der Waals surface area contributed by atoms with Gasteiger partial charge in [-0.3, -0.25) is 5.10 Å². The van der Waals surface area contributed by atoms with Crippen molar-refractivity contribution in [3.63, 3.8) is 0 Å². The van der Waals surface area contributed by atoms with E-state index in [2.05, 4.69) is 31.1 Å². The Labute approximate surface area is 128 Å². The zero-order valence-electron chi connectivity index (χ0n) is 11.0. The standard InChI is InChI=1S/C14H13BrF3N3/c15-9-5-6-10(11(7-9)14(16,17)18)13-19-12(20-21-13)8-3-1-2-4-8/h5-8H,1-4H2,(H,19,20,21). The van der Waals surface area contributed by atoms with Crippen LogP contribution in [-0.2, 0) is 6.18 Å². The van der Waals surface area contributed by atoms with Gasteiger partial charge in [-0.25, -0.2) is 4.98 Å². The summed E-state index contributed by atoms with van der Waals surface area (Å²) in [5.41, 5.74) is -0.722. The van der Waals surface area contributed by atoms with Crippen molar-refractivity contribution in [1.29, 1.82) is 0 Å². The molecule has 21 heavy (non-hydrogen) atoms. The van der Waals surface area contributed by atoms with E-state index >= 15 is 0 Å². The van der Waals surface area contributed by atoms with E-state index in [0.29, 0.717) is 10.3 Å². The SMILES string of the molecule is FC(F)(F)c1cc(Br)ccc1-c1n[nH]c(C2CCCC2)n1. The highest BCUT2D eigenvalue weighted by atomic mass is 79.9. The largest absolute Gasteiger partial charge is 0.417 e. The second-order valence-corrected chi connectivity index (χ2v) is 6.13. The van der Waals surface area contributed by atoms with Gasteiger partial charge in [0, 0.05) is 16.0 Å². The second-order valence-electron chi connectivity index (χ2n) is 5.21. The Hall–Kier alpha value is -1.37. The Morgan fingerprint density at radius 2 is 1.90 bits per heavy atom. The molecule has 1 fully saturated rings. The normalized spacial score (nSPS) is 16.6. The minimum atomic E-state index is -4.44. The number of benzene rings is 1. The topological polar surface area (TPSA) is 41.6 Å². The van der Waals surface area contributed by atoms with Crippen molar-refractivity contribution < 1.29 is 13.2 Å². The Kier molecular flexibility index (Phi) is 3.77. The number of alkyl halides is 3. The fraction of sp³-hybridized carbons (Fsp3) is 0.429. The fourth-order valence-corrected chi connectivity index (χ4v) is 3.08. The summed E-state index contributed by atoms with van der Waals surface area (Å²) >= 11 is 3.07. The minimum Gasteiger partial charge on any atom is -0.262 e. The van der Waals surface area contributed by atoms with Gasteiger partial charge in [-0.15, -0.1) is 0 Å². The van der Waals surface area contributed by atoms with Gasteiger partial charge in [0.05, 0.1) is 5.56 Å². The number of aromatic nitrogens is 3. The van der Waals surface area contributed by atoms with Crippen LogP contribution in [0.5, 0.6) is 0 Å². The maximum absolute atomic E-state index is 13.1.